The zero-order valence-electron chi connectivity index (χ0n) is 9.06. The highest BCUT2D eigenvalue weighted by atomic mass is 19.1. The van der Waals surface area contributed by atoms with Gasteiger partial charge in [-0.15, -0.1) is 0 Å². The lowest BCUT2D eigenvalue weighted by atomic mass is 10.1. The maximum atomic E-state index is 13.4. The lowest BCUT2D eigenvalue weighted by Crippen LogP contribution is -2.21. The predicted octanol–water partition coefficient (Wildman–Crippen LogP) is 0.577. The Morgan fingerprint density at radius 3 is 2.69 bits per heavy atom. The van der Waals surface area contributed by atoms with E-state index >= 15 is 0 Å². The molecule has 5 heteroatoms. The number of rotatable bonds is 5. The molecule has 1 unspecified atom stereocenters. The minimum atomic E-state index is -0.962. The van der Waals surface area contributed by atoms with Crippen molar-refractivity contribution in [2.24, 2.45) is 5.73 Å². The van der Waals surface area contributed by atoms with Crippen LogP contribution in [0.25, 0.3) is 0 Å². The molecule has 0 amide bonds. The predicted molar refractivity (Wildman–Crippen MR) is 57.6 cm³/mol. The molecule has 16 heavy (non-hydrogen) atoms. The van der Waals surface area contributed by atoms with Gasteiger partial charge in [0.15, 0.2) is 0 Å². The summed E-state index contributed by atoms with van der Waals surface area (Å²) in [5, 5.41) is 17.6. The second-order valence-corrected chi connectivity index (χ2v) is 3.62. The molecule has 0 heterocycles. The van der Waals surface area contributed by atoms with E-state index in [4.69, 9.17) is 20.7 Å². The minimum Gasteiger partial charge on any atom is -0.491 e. The van der Waals surface area contributed by atoms with Gasteiger partial charge in [0, 0.05) is 17.7 Å². The maximum absolute atomic E-state index is 13.4. The summed E-state index contributed by atoms with van der Waals surface area (Å²) >= 11 is 0. The summed E-state index contributed by atoms with van der Waals surface area (Å²) in [5.41, 5.74) is 5.97. The number of hydrogen-bond donors (Lipinski definition) is 3. The molecule has 0 spiro atoms. The first kappa shape index (κ1) is 12.9. The molecule has 90 valence electrons. The Balaban J connectivity index is 2.66. The Bertz CT molecular complexity index is 344. The number of ether oxygens (including phenoxy) is 1. The molecular weight excluding hydrogens is 213 g/mol. The van der Waals surface area contributed by atoms with E-state index in [-0.39, 0.29) is 19.3 Å². The molecule has 1 rings (SSSR count). The molecule has 4 N–H and O–H groups in total. The zero-order chi connectivity index (χ0) is 12.1. The number of halogens is 1. The van der Waals surface area contributed by atoms with Crippen LogP contribution in [0.2, 0.25) is 0 Å². The second-order valence-electron chi connectivity index (χ2n) is 3.62. The Kier molecular flexibility index (Phi) is 4.67. The van der Waals surface area contributed by atoms with Crippen LogP contribution in [0.15, 0.2) is 18.2 Å². The molecule has 0 saturated carbocycles. The number of benzene rings is 1. The van der Waals surface area contributed by atoms with Gasteiger partial charge in [0.05, 0.1) is 6.61 Å². The van der Waals surface area contributed by atoms with Crippen molar-refractivity contribution in [1.82, 2.24) is 0 Å². The lowest BCUT2D eigenvalue weighted by molar-refractivity contribution is 0.0535. The van der Waals surface area contributed by atoms with Crippen LogP contribution < -0.4 is 10.5 Å². The van der Waals surface area contributed by atoms with Crippen molar-refractivity contribution < 1.29 is 19.3 Å². The van der Waals surface area contributed by atoms with Gasteiger partial charge in [-0.05, 0) is 13.0 Å². The van der Waals surface area contributed by atoms with E-state index in [0.29, 0.717) is 11.3 Å². The molecule has 1 aromatic carbocycles. The van der Waals surface area contributed by atoms with E-state index in [0.717, 1.165) is 0 Å². The van der Waals surface area contributed by atoms with Crippen LogP contribution in [0.5, 0.6) is 5.75 Å². The number of nitrogens with two attached hydrogens (primary N) is 1. The van der Waals surface area contributed by atoms with Gasteiger partial charge in [0.25, 0.3) is 0 Å². The highest BCUT2D eigenvalue weighted by Crippen LogP contribution is 2.20. The van der Waals surface area contributed by atoms with Gasteiger partial charge >= 0.3 is 0 Å². The average Bonchev–Trinajstić information content (AvgIpc) is 2.25. The van der Waals surface area contributed by atoms with E-state index in [1.807, 2.05) is 0 Å². The van der Waals surface area contributed by atoms with Gasteiger partial charge in [-0.1, -0.05) is 6.07 Å². The van der Waals surface area contributed by atoms with Crippen molar-refractivity contribution in [1.29, 1.82) is 0 Å². The zero-order valence-corrected chi connectivity index (χ0v) is 9.06. The smallest absolute Gasteiger partial charge is 0.131 e. The first-order valence-electron chi connectivity index (χ1n) is 5.01. The quantitative estimate of drug-likeness (QED) is 0.690. The van der Waals surface area contributed by atoms with Crippen LogP contribution >= 0.6 is 0 Å². The van der Waals surface area contributed by atoms with Crippen LogP contribution in [0.3, 0.4) is 0 Å². The van der Waals surface area contributed by atoms with Gasteiger partial charge in [0.1, 0.15) is 24.3 Å². The van der Waals surface area contributed by atoms with Gasteiger partial charge in [-0.2, -0.15) is 0 Å². The molecule has 0 saturated heterocycles. The van der Waals surface area contributed by atoms with Gasteiger partial charge in [-0.3, -0.25) is 0 Å². The average molecular weight is 229 g/mol. The van der Waals surface area contributed by atoms with Crippen molar-refractivity contribution in [2.75, 3.05) is 13.2 Å². The highest BCUT2D eigenvalue weighted by molar-refractivity contribution is 5.30. The third kappa shape index (κ3) is 3.44. The molecule has 0 aliphatic rings. The van der Waals surface area contributed by atoms with E-state index in [1.165, 1.54) is 6.07 Å². The van der Waals surface area contributed by atoms with Crippen molar-refractivity contribution in [2.45, 2.75) is 19.1 Å². The molecule has 0 aliphatic carbocycles. The Labute approximate surface area is 93.5 Å². The van der Waals surface area contributed by atoms with Crippen LogP contribution in [-0.2, 0) is 0 Å². The van der Waals surface area contributed by atoms with Crippen molar-refractivity contribution >= 4 is 0 Å². The van der Waals surface area contributed by atoms with Crippen molar-refractivity contribution in [3.8, 4) is 5.75 Å². The maximum Gasteiger partial charge on any atom is 0.131 e. The lowest BCUT2D eigenvalue weighted by Gasteiger charge is -2.12. The molecule has 1 aromatic rings. The normalized spacial score (nSPS) is 14.6. The molecule has 0 aromatic heterocycles. The van der Waals surface area contributed by atoms with Crippen molar-refractivity contribution in [3.63, 3.8) is 0 Å². The fraction of sp³-hybridized carbons (Fsp3) is 0.455. The largest absolute Gasteiger partial charge is 0.491 e. The van der Waals surface area contributed by atoms with E-state index in [9.17, 15) is 4.39 Å². The summed E-state index contributed by atoms with van der Waals surface area (Å²) in [6, 6.07) is 3.95. The SMILES string of the molecule is C[C@H](N)c1ccc(OCC(O)CO)cc1F. The number of aliphatic hydroxyl groups is 2. The fourth-order valence-electron chi connectivity index (χ4n) is 1.21. The third-order valence-corrected chi connectivity index (χ3v) is 2.12. The first-order valence-corrected chi connectivity index (χ1v) is 5.01. The Morgan fingerprint density at radius 2 is 2.19 bits per heavy atom. The van der Waals surface area contributed by atoms with Crippen molar-refractivity contribution in [3.05, 3.63) is 29.6 Å². The second kappa shape index (κ2) is 5.79. The van der Waals surface area contributed by atoms with Gasteiger partial charge in [-0.25, -0.2) is 4.39 Å². The number of hydrogen-bond acceptors (Lipinski definition) is 4. The Morgan fingerprint density at radius 1 is 1.50 bits per heavy atom. The van der Waals surface area contributed by atoms with E-state index in [2.05, 4.69) is 0 Å². The summed E-state index contributed by atoms with van der Waals surface area (Å²) in [6.45, 7) is 1.22. The molecule has 0 radical (unpaired) electrons. The highest BCUT2D eigenvalue weighted by Gasteiger charge is 2.09. The molecular formula is C11H16FNO3. The molecule has 4 nitrogen and oxygen atoms in total. The summed E-state index contributed by atoms with van der Waals surface area (Å²) in [4.78, 5) is 0. The van der Waals surface area contributed by atoms with Gasteiger partial charge < -0.3 is 20.7 Å². The monoisotopic (exact) mass is 229 g/mol. The van der Waals surface area contributed by atoms with Crippen LogP contribution in [-0.4, -0.2) is 29.5 Å². The fourth-order valence-corrected chi connectivity index (χ4v) is 1.21. The summed E-state index contributed by atoms with van der Waals surface area (Å²) < 4.78 is 18.5. The van der Waals surface area contributed by atoms with E-state index < -0.39 is 11.9 Å². The minimum absolute atomic E-state index is 0.0759. The summed E-state index contributed by atoms with van der Waals surface area (Å²) in [7, 11) is 0. The first-order chi connectivity index (χ1) is 7.54. The number of aliphatic hydroxyl groups excluding tert-OH is 2. The van der Waals surface area contributed by atoms with Crippen LogP contribution in [0, 0.1) is 5.82 Å². The molecule has 0 aliphatic heterocycles. The third-order valence-electron chi connectivity index (χ3n) is 2.12. The van der Waals surface area contributed by atoms with Crippen LogP contribution in [0.1, 0.15) is 18.5 Å². The standard InChI is InChI=1S/C11H16FNO3/c1-7(13)10-3-2-9(4-11(10)12)16-6-8(15)5-14/h2-4,7-8,14-15H,5-6,13H2,1H3/t7-,8?/m0/s1. The topological polar surface area (TPSA) is 75.7 Å². The summed E-state index contributed by atoms with van der Waals surface area (Å²) in [5.74, 6) is -0.139. The summed E-state index contributed by atoms with van der Waals surface area (Å²) in [6.07, 6.45) is -0.962. The molecule has 0 bridgehead atoms. The van der Waals surface area contributed by atoms with Crippen LogP contribution in [0.4, 0.5) is 4.39 Å². The van der Waals surface area contributed by atoms with E-state index in [1.54, 1.807) is 19.1 Å². The van der Waals surface area contributed by atoms with Gasteiger partial charge in [0.2, 0.25) is 0 Å². The molecule has 0 fully saturated rings. The Hall–Kier alpha value is -1.17. The molecule has 2 atom stereocenters.